The number of alkyl halides is 3. The predicted molar refractivity (Wildman–Crippen MR) is 146 cm³/mol. The van der Waals surface area contributed by atoms with Crippen LogP contribution in [-0.2, 0) is 33.9 Å². The second-order valence-electron chi connectivity index (χ2n) is 9.40. The lowest BCUT2D eigenvalue weighted by Gasteiger charge is -2.22. The lowest BCUT2D eigenvalue weighted by Crippen LogP contribution is -2.15. The molecular weight excluding hydrogens is 582 g/mol. The first-order valence-corrected chi connectivity index (χ1v) is 14.6. The third kappa shape index (κ3) is 7.78. The number of sulfone groups is 1. The van der Waals surface area contributed by atoms with Crippen molar-refractivity contribution in [2.24, 2.45) is 0 Å². The lowest BCUT2D eigenvalue weighted by molar-refractivity contribution is -0.153. The molecule has 0 unspecified atom stereocenters. The standard InChI is InChI=1S/C29H25F4NO5S2/c1-18-12-23(30)13-19(2)28(18)40-34(16-24-10-11-26(39-24)29(31,32)33)15-20-6-8-21(9-7-20)22-4-3-5-25(14-22)41(37,38)17-27(35)36/h3-14H,15-17H2,1-2H3,(H,35,36). The largest absolute Gasteiger partial charge is 0.480 e. The molecule has 1 N–H and O–H groups in total. The number of aliphatic carboxylic acids is 1. The monoisotopic (exact) mass is 607 g/mol. The predicted octanol–water partition coefficient (Wildman–Crippen LogP) is 7.29. The van der Waals surface area contributed by atoms with Gasteiger partial charge in [0.25, 0.3) is 0 Å². The van der Waals surface area contributed by atoms with Crippen LogP contribution in [0.15, 0.2) is 87.0 Å². The van der Waals surface area contributed by atoms with Crippen LogP contribution >= 0.6 is 11.9 Å². The van der Waals surface area contributed by atoms with E-state index in [1.807, 2.05) is 0 Å². The zero-order valence-corrected chi connectivity index (χ0v) is 23.5. The lowest BCUT2D eigenvalue weighted by atomic mass is 10.0. The van der Waals surface area contributed by atoms with Gasteiger partial charge < -0.3 is 9.52 Å². The maximum Gasteiger partial charge on any atom is 0.449 e. The van der Waals surface area contributed by atoms with Crippen LogP contribution in [0.5, 0.6) is 0 Å². The van der Waals surface area contributed by atoms with Gasteiger partial charge in [-0.1, -0.05) is 36.4 Å². The van der Waals surface area contributed by atoms with Crippen LogP contribution in [0.25, 0.3) is 11.1 Å². The first-order chi connectivity index (χ1) is 19.2. The summed E-state index contributed by atoms with van der Waals surface area (Å²) in [7, 11) is -4.00. The summed E-state index contributed by atoms with van der Waals surface area (Å²) in [5.41, 5.74) is 3.42. The number of carboxylic acid groups (broad SMARTS) is 1. The van der Waals surface area contributed by atoms with Crippen molar-refractivity contribution in [1.82, 2.24) is 4.31 Å². The number of aryl methyl sites for hydroxylation is 2. The molecule has 0 saturated heterocycles. The van der Waals surface area contributed by atoms with Crippen molar-refractivity contribution >= 4 is 27.8 Å². The molecule has 6 nitrogen and oxygen atoms in total. The SMILES string of the molecule is Cc1cc(F)cc(C)c1SN(Cc1ccc(-c2cccc(S(=O)(=O)CC(=O)O)c2)cc1)Cc1ccc(C(F)(F)F)o1. The molecule has 0 radical (unpaired) electrons. The summed E-state index contributed by atoms with van der Waals surface area (Å²) in [5.74, 6) is -3.83. The number of carbonyl (C=O) groups is 1. The normalized spacial score (nSPS) is 12.2. The third-order valence-electron chi connectivity index (χ3n) is 6.07. The van der Waals surface area contributed by atoms with E-state index >= 15 is 0 Å². The Morgan fingerprint density at radius 3 is 2.17 bits per heavy atom. The minimum Gasteiger partial charge on any atom is -0.480 e. The summed E-state index contributed by atoms with van der Waals surface area (Å²) in [6.07, 6.45) is -4.61. The average Bonchev–Trinajstić information content (AvgIpc) is 3.35. The van der Waals surface area contributed by atoms with Gasteiger partial charge in [0.15, 0.2) is 15.6 Å². The second kappa shape index (κ2) is 12.1. The molecule has 216 valence electrons. The van der Waals surface area contributed by atoms with Gasteiger partial charge in [-0.05, 0) is 90.0 Å². The number of hydrogen-bond donors (Lipinski definition) is 1. The molecule has 1 aromatic heterocycles. The summed E-state index contributed by atoms with van der Waals surface area (Å²) < 4.78 is 84.7. The van der Waals surface area contributed by atoms with Crippen LogP contribution in [0.4, 0.5) is 17.6 Å². The molecule has 0 atom stereocenters. The third-order valence-corrected chi connectivity index (χ3v) is 9.01. The van der Waals surface area contributed by atoms with E-state index < -0.39 is 33.5 Å². The number of benzene rings is 3. The first kappa shape index (κ1) is 30.4. The number of furan rings is 1. The molecule has 0 spiro atoms. The first-order valence-electron chi connectivity index (χ1n) is 12.2. The molecule has 0 saturated carbocycles. The summed E-state index contributed by atoms with van der Waals surface area (Å²) >= 11 is 1.28. The van der Waals surface area contributed by atoms with Crippen molar-refractivity contribution in [3.05, 3.63) is 107 Å². The molecule has 12 heteroatoms. The number of carboxylic acids is 1. The fourth-order valence-electron chi connectivity index (χ4n) is 4.20. The highest BCUT2D eigenvalue weighted by molar-refractivity contribution is 7.97. The van der Waals surface area contributed by atoms with Crippen LogP contribution < -0.4 is 0 Å². The van der Waals surface area contributed by atoms with E-state index in [0.29, 0.717) is 22.3 Å². The molecule has 0 amide bonds. The second-order valence-corrected chi connectivity index (χ2v) is 12.5. The van der Waals surface area contributed by atoms with Gasteiger partial charge in [-0.3, -0.25) is 4.79 Å². The maximum absolute atomic E-state index is 13.9. The summed E-state index contributed by atoms with van der Waals surface area (Å²) in [4.78, 5) is 11.6. The maximum atomic E-state index is 13.9. The highest BCUT2D eigenvalue weighted by atomic mass is 32.2. The van der Waals surface area contributed by atoms with Crippen LogP contribution in [0.2, 0.25) is 0 Å². The Morgan fingerprint density at radius 2 is 1.59 bits per heavy atom. The molecule has 3 aromatic carbocycles. The number of rotatable bonds is 10. The summed E-state index contributed by atoms with van der Waals surface area (Å²) in [6, 6.07) is 18.0. The Balaban J connectivity index is 1.59. The molecule has 0 aliphatic rings. The Hall–Kier alpha value is -3.61. The molecule has 1 heterocycles. The molecule has 0 bridgehead atoms. The van der Waals surface area contributed by atoms with E-state index in [1.165, 1.54) is 48.3 Å². The number of hydrogen-bond acceptors (Lipinski definition) is 6. The van der Waals surface area contributed by atoms with Crippen LogP contribution in [0.3, 0.4) is 0 Å². The van der Waals surface area contributed by atoms with Gasteiger partial charge in [-0.15, -0.1) is 0 Å². The van der Waals surface area contributed by atoms with Gasteiger partial charge in [-0.25, -0.2) is 17.1 Å². The highest BCUT2D eigenvalue weighted by Gasteiger charge is 2.35. The quantitative estimate of drug-likeness (QED) is 0.150. The van der Waals surface area contributed by atoms with Gasteiger partial charge in [0, 0.05) is 11.4 Å². The van der Waals surface area contributed by atoms with Gasteiger partial charge >= 0.3 is 12.1 Å². The number of halogens is 4. The Bertz CT molecular complexity index is 1640. The summed E-state index contributed by atoms with van der Waals surface area (Å²) in [6.45, 7) is 3.83. The minimum atomic E-state index is -4.61. The van der Waals surface area contributed by atoms with Crippen molar-refractivity contribution in [3.63, 3.8) is 0 Å². The Morgan fingerprint density at radius 1 is 0.927 bits per heavy atom. The van der Waals surface area contributed by atoms with Crippen molar-refractivity contribution in [3.8, 4) is 11.1 Å². The van der Waals surface area contributed by atoms with Gasteiger partial charge in [0.1, 0.15) is 11.6 Å². The van der Waals surface area contributed by atoms with Crippen molar-refractivity contribution in [1.29, 1.82) is 0 Å². The zero-order chi connectivity index (χ0) is 29.9. The average molecular weight is 608 g/mol. The fraction of sp³-hybridized carbons (Fsp3) is 0.207. The van der Waals surface area contributed by atoms with Gasteiger partial charge in [-0.2, -0.15) is 13.2 Å². The topological polar surface area (TPSA) is 87.8 Å². The van der Waals surface area contributed by atoms with Gasteiger partial charge in [0.2, 0.25) is 5.76 Å². The highest BCUT2D eigenvalue weighted by Crippen LogP contribution is 2.35. The van der Waals surface area contributed by atoms with E-state index in [9.17, 15) is 30.8 Å². The molecule has 4 rings (SSSR count). The molecule has 0 aliphatic heterocycles. The van der Waals surface area contributed by atoms with Crippen molar-refractivity contribution in [2.75, 3.05) is 5.75 Å². The van der Waals surface area contributed by atoms with Crippen LogP contribution in [-0.4, -0.2) is 29.6 Å². The number of nitrogens with zero attached hydrogens (tertiary/aromatic N) is 1. The molecule has 4 aromatic rings. The molecule has 0 fully saturated rings. The van der Waals surface area contributed by atoms with Gasteiger partial charge in [0.05, 0.1) is 11.4 Å². The van der Waals surface area contributed by atoms with Crippen LogP contribution in [0.1, 0.15) is 28.2 Å². The van der Waals surface area contributed by atoms with E-state index in [-0.39, 0.29) is 29.6 Å². The molecule has 0 aliphatic carbocycles. The minimum absolute atomic E-state index is 0.0300. The van der Waals surface area contributed by atoms with E-state index in [0.717, 1.165) is 16.5 Å². The molecular formula is C29H25F4NO5S2. The van der Waals surface area contributed by atoms with Crippen LogP contribution in [0, 0.1) is 19.7 Å². The Labute approximate surface area is 238 Å². The summed E-state index contributed by atoms with van der Waals surface area (Å²) in [5, 5.41) is 8.91. The van der Waals surface area contributed by atoms with E-state index in [1.54, 1.807) is 48.5 Å². The van der Waals surface area contributed by atoms with E-state index in [4.69, 9.17) is 9.52 Å². The Kier molecular flexibility index (Phi) is 8.95. The van der Waals surface area contributed by atoms with E-state index in [2.05, 4.69) is 0 Å². The van der Waals surface area contributed by atoms with Crippen molar-refractivity contribution < 1.29 is 40.3 Å². The zero-order valence-electron chi connectivity index (χ0n) is 21.9. The van der Waals surface area contributed by atoms with Crippen molar-refractivity contribution in [2.45, 2.75) is 42.9 Å². The smallest absolute Gasteiger partial charge is 0.449 e. The molecule has 41 heavy (non-hydrogen) atoms. The fourth-order valence-corrected chi connectivity index (χ4v) is 6.35.